The van der Waals surface area contributed by atoms with Gasteiger partial charge in [-0.1, -0.05) is 40.5 Å². The van der Waals surface area contributed by atoms with Gasteiger partial charge >= 0.3 is 0 Å². The predicted octanol–water partition coefficient (Wildman–Crippen LogP) is 5.34. The SMILES string of the molecule is CC(N=Nc1ccc([N+](=O)[O-])cc1)[P+](N=S(C)(C)=O)(c1ccccc1)c1ccccc1. The summed E-state index contributed by atoms with van der Waals surface area (Å²) >= 11 is 0. The Morgan fingerprint density at radius 2 is 1.35 bits per heavy atom. The highest BCUT2D eigenvalue weighted by Crippen LogP contribution is 2.63. The lowest BCUT2D eigenvalue weighted by Crippen LogP contribution is -2.28. The number of azo groups is 1. The van der Waals surface area contributed by atoms with Crippen LogP contribution >= 0.6 is 7.41 Å². The Hall–Kier alpha value is -2.96. The molecule has 9 heteroatoms. The zero-order valence-electron chi connectivity index (χ0n) is 17.5. The molecule has 160 valence electrons. The predicted molar refractivity (Wildman–Crippen MR) is 129 cm³/mol. The van der Waals surface area contributed by atoms with E-state index in [4.69, 9.17) is 4.13 Å². The van der Waals surface area contributed by atoms with Gasteiger partial charge in [0.2, 0.25) is 13.2 Å². The lowest BCUT2D eigenvalue weighted by atomic mass is 10.3. The average molecular weight is 456 g/mol. The first-order valence-electron chi connectivity index (χ1n) is 9.56. The van der Waals surface area contributed by atoms with Crippen LogP contribution in [0.2, 0.25) is 0 Å². The zero-order valence-corrected chi connectivity index (χ0v) is 19.2. The first kappa shape index (κ1) is 22.7. The number of hydrogen-bond donors (Lipinski definition) is 0. The molecule has 0 bridgehead atoms. The van der Waals surface area contributed by atoms with Gasteiger partial charge in [-0.2, -0.15) is 5.11 Å². The molecule has 0 N–H and O–H groups in total. The van der Waals surface area contributed by atoms with E-state index in [1.54, 1.807) is 24.6 Å². The minimum atomic E-state index is -2.59. The summed E-state index contributed by atoms with van der Waals surface area (Å²) in [6.45, 7) is 1.93. The number of nitro benzene ring substituents is 1. The highest BCUT2D eigenvalue weighted by atomic mass is 32.2. The van der Waals surface area contributed by atoms with E-state index in [-0.39, 0.29) is 5.69 Å². The number of nitro groups is 1. The smallest absolute Gasteiger partial charge is 0.258 e. The highest BCUT2D eigenvalue weighted by Gasteiger charge is 2.51. The van der Waals surface area contributed by atoms with Gasteiger partial charge in [0.05, 0.1) is 20.3 Å². The largest absolute Gasteiger partial charge is 0.269 e. The fraction of sp³-hybridized carbons (Fsp3) is 0.182. The van der Waals surface area contributed by atoms with Gasteiger partial charge in [-0.05, 0) is 43.3 Å². The molecule has 0 aromatic heterocycles. The third-order valence-corrected chi connectivity index (χ3v) is 10.5. The molecule has 1 unspecified atom stereocenters. The first-order valence-corrected chi connectivity index (χ1v) is 13.7. The molecule has 0 radical (unpaired) electrons. The van der Waals surface area contributed by atoms with E-state index >= 15 is 0 Å². The van der Waals surface area contributed by atoms with Crippen molar-refractivity contribution in [3.8, 4) is 0 Å². The second kappa shape index (κ2) is 9.45. The average Bonchev–Trinajstić information content (AvgIpc) is 2.76. The third-order valence-electron chi connectivity index (χ3n) is 4.57. The summed E-state index contributed by atoms with van der Waals surface area (Å²) in [5.41, 5.74) is 0.500. The molecular weight excluding hydrogens is 431 g/mol. The minimum Gasteiger partial charge on any atom is -0.258 e. The molecule has 31 heavy (non-hydrogen) atoms. The van der Waals surface area contributed by atoms with Crippen molar-refractivity contribution in [2.45, 2.75) is 12.7 Å². The third kappa shape index (κ3) is 5.40. The van der Waals surface area contributed by atoms with Crippen LogP contribution in [-0.2, 0) is 9.73 Å². The number of rotatable bonds is 7. The Morgan fingerprint density at radius 1 is 0.871 bits per heavy atom. The van der Waals surface area contributed by atoms with Gasteiger partial charge < -0.3 is 0 Å². The summed E-state index contributed by atoms with van der Waals surface area (Å²) in [6.07, 6.45) is 3.27. The van der Waals surface area contributed by atoms with Gasteiger partial charge in [-0.15, -0.1) is 5.11 Å². The molecule has 0 fully saturated rings. The van der Waals surface area contributed by atoms with E-state index in [0.717, 1.165) is 10.6 Å². The second-order valence-electron chi connectivity index (χ2n) is 7.24. The molecule has 0 saturated heterocycles. The van der Waals surface area contributed by atoms with Crippen molar-refractivity contribution in [1.29, 1.82) is 0 Å². The fourth-order valence-electron chi connectivity index (χ4n) is 3.23. The first-order chi connectivity index (χ1) is 14.7. The lowest BCUT2D eigenvalue weighted by Gasteiger charge is -2.25. The molecule has 3 rings (SSSR count). The molecule has 0 amide bonds. The Morgan fingerprint density at radius 3 is 1.77 bits per heavy atom. The molecule has 0 aliphatic rings. The van der Waals surface area contributed by atoms with Crippen molar-refractivity contribution < 1.29 is 9.13 Å². The van der Waals surface area contributed by atoms with Crippen molar-refractivity contribution in [1.82, 2.24) is 0 Å². The summed E-state index contributed by atoms with van der Waals surface area (Å²) in [7, 11) is -5.07. The van der Waals surface area contributed by atoms with Crippen LogP contribution in [-0.4, -0.2) is 27.4 Å². The van der Waals surface area contributed by atoms with Crippen LogP contribution in [0.3, 0.4) is 0 Å². The van der Waals surface area contributed by atoms with Crippen molar-refractivity contribution in [3.63, 3.8) is 0 Å². The summed E-state index contributed by atoms with van der Waals surface area (Å²) in [5.74, 6) is -0.395. The van der Waals surface area contributed by atoms with E-state index in [1.165, 1.54) is 12.1 Å². The maximum absolute atomic E-state index is 13.0. The molecule has 0 spiro atoms. The number of nitrogens with zero attached hydrogens (tertiary/aromatic N) is 4. The maximum Gasteiger partial charge on any atom is 0.269 e. The molecule has 1 atom stereocenters. The van der Waals surface area contributed by atoms with Crippen molar-refractivity contribution in [2.75, 3.05) is 12.5 Å². The molecular formula is C22H24N4O3PS+. The Kier molecular flexibility index (Phi) is 6.93. The van der Waals surface area contributed by atoms with Crippen molar-refractivity contribution >= 4 is 39.1 Å². The van der Waals surface area contributed by atoms with Gasteiger partial charge in [0, 0.05) is 24.6 Å². The Bertz CT molecular complexity index is 1140. The quantitative estimate of drug-likeness (QED) is 0.208. The fourth-order valence-corrected chi connectivity index (χ4v) is 9.63. The molecule has 0 heterocycles. The van der Waals surface area contributed by atoms with E-state index < -0.39 is 27.8 Å². The summed E-state index contributed by atoms with van der Waals surface area (Å²) in [6, 6.07) is 25.5. The monoisotopic (exact) mass is 455 g/mol. The molecule has 3 aromatic carbocycles. The minimum absolute atomic E-state index is 0.00544. The van der Waals surface area contributed by atoms with E-state index in [2.05, 4.69) is 10.2 Å². The normalized spacial score (nSPS) is 13.1. The number of hydrogen-bond acceptors (Lipinski definition) is 6. The number of non-ortho nitro benzene ring substituents is 1. The van der Waals surface area contributed by atoms with Gasteiger partial charge in [-0.25, -0.2) is 4.21 Å². The maximum atomic E-state index is 13.0. The van der Waals surface area contributed by atoms with Crippen LogP contribution in [0, 0.1) is 10.1 Å². The molecule has 7 nitrogen and oxygen atoms in total. The Balaban J connectivity index is 2.15. The van der Waals surface area contributed by atoms with Gasteiger partial charge in [-0.3, -0.25) is 10.1 Å². The van der Waals surface area contributed by atoms with Gasteiger partial charge in [0.25, 0.3) is 5.69 Å². The summed E-state index contributed by atoms with van der Waals surface area (Å²) in [4.78, 5) is 10.4. The zero-order chi connectivity index (χ0) is 22.5. The van der Waals surface area contributed by atoms with E-state index in [9.17, 15) is 14.3 Å². The molecule has 0 aliphatic heterocycles. The van der Waals surface area contributed by atoms with Crippen LogP contribution in [0.1, 0.15) is 6.92 Å². The molecule has 0 saturated carbocycles. The Labute approximate surface area is 183 Å². The van der Waals surface area contributed by atoms with E-state index in [0.29, 0.717) is 5.69 Å². The van der Waals surface area contributed by atoms with Crippen LogP contribution in [0.4, 0.5) is 11.4 Å². The van der Waals surface area contributed by atoms with Crippen molar-refractivity contribution in [3.05, 3.63) is 95.0 Å². The van der Waals surface area contributed by atoms with Gasteiger partial charge in [0.1, 0.15) is 10.6 Å². The van der Waals surface area contributed by atoms with Crippen LogP contribution in [0.25, 0.3) is 0 Å². The topological polar surface area (TPSA) is 97.3 Å². The van der Waals surface area contributed by atoms with Crippen LogP contribution < -0.4 is 10.6 Å². The standard InChI is InChI=1S/C22H24N4O3PS/c1-18(23-24-19-14-16-20(17-15-19)26(27)28)30(25-31(2,3)29,21-10-6-4-7-11-21)22-12-8-5-9-13-22/h4-18H,1-3H3/q+1. The number of benzene rings is 3. The highest BCUT2D eigenvalue weighted by molar-refractivity contribution is 8.01. The second-order valence-corrected chi connectivity index (χ2v) is 13.4. The van der Waals surface area contributed by atoms with E-state index in [1.807, 2.05) is 67.6 Å². The van der Waals surface area contributed by atoms with Crippen molar-refractivity contribution in [2.24, 2.45) is 14.4 Å². The van der Waals surface area contributed by atoms with Crippen LogP contribution in [0.5, 0.6) is 0 Å². The molecule has 3 aromatic rings. The molecule has 0 aliphatic carbocycles. The summed E-state index contributed by atoms with van der Waals surface area (Å²) < 4.78 is 17.9. The van der Waals surface area contributed by atoms with Gasteiger partial charge in [0.15, 0.2) is 0 Å². The lowest BCUT2D eigenvalue weighted by molar-refractivity contribution is -0.384. The summed E-state index contributed by atoms with van der Waals surface area (Å²) in [5, 5.41) is 21.7. The van der Waals surface area contributed by atoms with Crippen LogP contribution in [0.15, 0.2) is 99.3 Å².